The zero-order chi connectivity index (χ0) is 20.5. The van der Waals surface area contributed by atoms with E-state index < -0.39 is 23.5 Å². The Balaban J connectivity index is 2.07. The number of fused-ring (bicyclic) bond motifs is 1. The van der Waals surface area contributed by atoms with Crippen molar-refractivity contribution in [3.63, 3.8) is 0 Å². The predicted octanol–water partition coefficient (Wildman–Crippen LogP) is 3.63. The summed E-state index contributed by atoms with van der Waals surface area (Å²) in [5, 5.41) is 2.43. The molecule has 0 radical (unpaired) electrons. The second kappa shape index (κ2) is 7.29. The minimum absolute atomic E-state index is 0.00451. The summed E-state index contributed by atoms with van der Waals surface area (Å²) >= 11 is 0. The number of ether oxygens (including phenoxy) is 3. The van der Waals surface area contributed by atoms with Gasteiger partial charge in [-0.25, -0.2) is 4.98 Å². The van der Waals surface area contributed by atoms with Gasteiger partial charge in [-0.05, 0) is 12.1 Å². The molecule has 0 atom stereocenters. The van der Waals surface area contributed by atoms with Gasteiger partial charge in [0.05, 0.1) is 21.3 Å². The number of aromatic nitrogens is 2. The maximum Gasteiger partial charge on any atom is 0.435 e. The van der Waals surface area contributed by atoms with Gasteiger partial charge in [0.2, 0.25) is 5.75 Å². The molecule has 0 fully saturated rings. The van der Waals surface area contributed by atoms with Crippen LogP contribution in [0.25, 0.3) is 5.65 Å². The maximum atomic E-state index is 13.4. The van der Waals surface area contributed by atoms with Crippen molar-refractivity contribution in [2.75, 3.05) is 26.6 Å². The van der Waals surface area contributed by atoms with Gasteiger partial charge in [-0.15, -0.1) is 0 Å². The number of anilines is 1. The lowest BCUT2D eigenvalue weighted by atomic mass is 10.2. The van der Waals surface area contributed by atoms with Gasteiger partial charge < -0.3 is 19.5 Å². The lowest BCUT2D eigenvalue weighted by Gasteiger charge is -2.15. The van der Waals surface area contributed by atoms with Crippen molar-refractivity contribution in [1.82, 2.24) is 9.38 Å². The third kappa shape index (κ3) is 3.40. The summed E-state index contributed by atoms with van der Waals surface area (Å²) < 4.78 is 56.9. The van der Waals surface area contributed by atoms with E-state index in [4.69, 9.17) is 14.2 Å². The first-order valence-electron chi connectivity index (χ1n) is 7.95. The number of benzene rings is 1. The third-order valence-corrected chi connectivity index (χ3v) is 3.94. The molecule has 0 unspecified atom stereocenters. The number of alkyl halides is 3. The van der Waals surface area contributed by atoms with Crippen LogP contribution < -0.4 is 19.5 Å². The Morgan fingerprint density at radius 1 is 1.07 bits per heavy atom. The molecule has 3 aromatic rings. The molecule has 0 spiro atoms. The first-order valence-corrected chi connectivity index (χ1v) is 7.95. The number of carbonyl (C=O) groups is 1. The quantitative estimate of drug-likeness (QED) is 0.714. The second-order valence-electron chi connectivity index (χ2n) is 5.60. The number of amides is 1. The number of halogens is 3. The monoisotopic (exact) mass is 395 g/mol. The smallest absolute Gasteiger partial charge is 0.435 e. The molecule has 0 saturated heterocycles. The lowest BCUT2D eigenvalue weighted by molar-refractivity contribution is -0.141. The van der Waals surface area contributed by atoms with Crippen LogP contribution in [0.2, 0.25) is 0 Å². The highest BCUT2D eigenvalue weighted by molar-refractivity contribution is 6.05. The van der Waals surface area contributed by atoms with Crippen LogP contribution >= 0.6 is 0 Å². The summed E-state index contributed by atoms with van der Waals surface area (Å²) in [6.07, 6.45) is -3.46. The van der Waals surface area contributed by atoms with E-state index in [-0.39, 0.29) is 28.6 Å². The first kappa shape index (κ1) is 19.3. The summed E-state index contributed by atoms with van der Waals surface area (Å²) in [4.78, 5) is 16.3. The number of imidazole rings is 1. The van der Waals surface area contributed by atoms with Crippen LogP contribution in [0, 0.1) is 0 Å². The van der Waals surface area contributed by atoms with E-state index in [9.17, 15) is 18.0 Å². The predicted molar refractivity (Wildman–Crippen MR) is 94.2 cm³/mol. The number of nitrogens with zero attached hydrogens (tertiary/aromatic N) is 2. The van der Waals surface area contributed by atoms with Gasteiger partial charge in [-0.2, -0.15) is 13.2 Å². The molecule has 28 heavy (non-hydrogen) atoms. The molecule has 1 N–H and O–H groups in total. The standard InChI is InChI=1S/C18H16F3N3O4/c1-26-11-8-10(9-12(27-2)15(11)28-3)22-17(25)14-16(18(19,20)21)23-13-6-4-5-7-24(13)14/h4-9H,1-3H3,(H,22,25). The van der Waals surface area contributed by atoms with Crippen LogP contribution in [0.5, 0.6) is 17.2 Å². The minimum Gasteiger partial charge on any atom is -0.493 e. The van der Waals surface area contributed by atoms with Crippen molar-refractivity contribution in [1.29, 1.82) is 0 Å². The SMILES string of the molecule is COc1cc(NC(=O)c2c(C(F)(F)F)nc3ccccn23)cc(OC)c1OC. The molecule has 7 nitrogen and oxygen atoms in total. The normalized spacial score (nSPS) is 11.4. The van der Waals surface area contributed by atoms with Crippen molar-refractivity contribution in [3.05, 3.63) is 47.9 Å². The van der Waals surface area contributed by atoms with Gasteiger partial charge in [0.15, 0.2) is 17.2 Å². The van der Waals surface area contributed by atoms with Crippen molar-refractivity contribution in [3.8, 4) is 17.2 Å². The molecule has 0 aliphatic heterocycles. The molecular formula is C18H16F3N3O4. The summed E-state index contributed by atoms with van der Waals surface area (Å²) in [6, 6.07) is 7.24. The Labute approximate surface area is 157 Å². The van der Waals surface area contributed by atoms with E-state index in [2.05, 4.69) is 10.3 Å². The van der Waals surface area contributed by atoms with Crippen LogP contribution in [-0.2, 0) is 6.18 Å². The molecule has 0 saturated carbocycles. The zero-order valence-corrected chi connectivity index (χ0v) is 15.1. The Hall–Kier alpha value is -3.43. The topological polar surface area (TPSA) is 74.1 Å². The van der Waals surface area contributed by atoms with Crippen molar-refractivity contribution in [2.24, 2.45) is 0 Å². The van der Waals surface area contributed by atoms with Gasteiger partial charge in [0.1, 0.15) is 11.3 Å². The summed E-state index contributed by atoms with van der Waals surface area (Å²) in [5.74, 6) is -0.216. The lowest BCUT2D eigenvalue weighted by Crippen LogP contribution is -2.20. The van der Waals surface area contributed by atoms with E-state index >= 15 is 0 Å². The Bertz CT molecular complexity index is 1010. The van der Waals surface area contributed by atoms with E-state index in [1.165, 1.54) is 57.9 Å². The molecule has 0 aliphatic rings. The minimum atomic E-state index is -4.80. The van der Waals surface area contributed by atoms with E-state index in [1.807, 2.05) is 0 Å². The molecule has 148 valence electrons. The van der Waals surface area contributed by atoms with Gasteiger partial charge >= 0.3 is 6.18 Å². The van der Waals surface area contributed by atoms with Gasteiger partial charge in [0.25, 0.3) is 5.91 Å². The van der Waals surface area contributed by atoms with Crippen LogP contribution in [0.4, 0.5) is 18.9 Å². The number of rotatable bonds is 5. The van der Waals surface area contributed by atoms with Crippen molar-refractivity contribution < 1.29 is 32.2 Å². The number of nitrogens with one attached hydrogen (secondary N) is 1. The molecule has 0 bridgehead atoms. The van der Waals surface area contributed by atoms with E-state index in [0.29, 0.717) is 0 Å². The van der Waals surface area contributed by atoms with Crippen LogP contribution in [0.3, 0.4) is 0 Å². The molecule has 0 aliphatic carbocycles. The molecule has 10 heteroatoms. The van der Waals surface area contributed by atoms with Crippen LogP contribution in [-0.4, -0.2) is 36.6 Å². The Morgan fingerprint density at radius 2 is 1.71 bits per heavy atom. The summed E-state index contributed by atoms with van der Waals surface area (Å²) in [7, 11) is 4.18. The van der Waals surface area contributed by atoms with Gasteiger partial charge in [0, 0.05) is 24.0 Å². The number of methoxy groups -OCH3 is 3. The highest BCUT2D eigenvalue weighted by Gasteiger charge is 2.40. The molecule has 1 amide bonds. The van der Waals surface area contributed by atoms with Crippen LogP contribution in [0.15, 0.2) is 36.5 Å². The third-order valence-electron chi connectivity index (χ3n) is 3.94. The molecule has 3 rings (SSSR count). The highest BCUT2D eigenvalue weighted by atomic mass is 19.4. The molecular weight excluding hydrogens is 379 g/mol. The fourth-order valence-electron chi connectivity index (χ4n) is 2.75. The van der Waals surface area contributed by atoms with Gasteiger partial charge in [-0.1, -0.05) is 6.07 Å². The number of carbonyl (C=O) groups excluding carboxylic acids is 1. The first-order chi connectivity index (χ1) is 13.3. The zero-order valence-electron chi connectivity index (χ0n) is 15.1. The average Bonchev–Trinajstić information content (AvgIpc) is 3.07. The Morgan fingerprint density at radius 3 is 2.25 bits per heavy atom. The average molecular weight is 395 g/mol. The fraction of sp³-hybridized carbons (Fsp3) is 0.222. The summed E-state index contributed by atoms with van der Waals surface area (Å²) in [6.45, 7) is 0. The van der Waals surface area contributed by atoms with Gasteiger partial charge in [-0.3, -0.25) is 9.20 Å². The molecule has 1 aromatic carbocycles. The highest BCUT2D eigenvalue weighted by Crippen LogP contribution is 2.40. The number of pyridine rings is 1. The van der Waals surface area contributed by atoms with Crippen molar-refractivity contribution in [2.45, 2.75) is 6.18 Å². The second-order valence-corrected chi connectivity index (χ2v) is 5.60. The number of hydrogen-bond acceptors (Lipinski definition) is 5. The Kier molecular flexibility index (Phi) is 5.04. The van der Waals surface area contributed by atoms with Crippen molar-refractivity contribution >= 4 is 17.2 Å². The fourth-order valence-corrected chi connectivity index (χ4v) is 2.75. The maximum absolute atomic E-state index is 13.4. The largest absolute Gasteiger partial charge is 0.493 e. The van der Waals surface area contributed by atoms with E-state index in [0.717, 1.165) is 4.40 Å². The summed E-state index contributed by atoms with van der Waals surface area (Å²) in [5.41, 5.74) is -1.73. The number of hydrogen-bond donors (Lipinski definition) is 1. The van der Waals surface area contributed by atoms with Crippen LogP contribution in [0.1, 0.15) is 16.2 Å². The van der Waals surface area contributed by atoms with E-state index in [1.54, 1.807) is 0 Å². The molecule has 2 heterocycles. The molecule has 2 aromatic heterocycles.